The topological polar surface area (TPSA) is 43.4 Å². The molecular formula is C16H22N2O2S. The Labute approximate surface area is 130 Å². The average molecular weight is 306 g/mol. The minimum absolute atomic E-state index is 0.551. The molecule has 0 radical (unpaired) electrons. The highest BCUT2D eigenvalue weighted by atomic mass is 32.1. The van der Waals surface area contributed by atoms with E-state index in [2.05, 4.69) is 12.2 Å². The number of methoxy groups -OCH3 is 2. The predicted molar refractivity (Wildman–Crippen MR) is 86.8 cm³/mol. The number of ether oxygens (including phenoxy) is 2. The summed E-state index contributed by atoms with van der Waals surface area (Å²) in [5, 5.41) is 4.45. The first kappa shape index (κ1) is 15.9. The number of nitrogens with one attached hydrogen (secondary N) is 1. The van der Waals surface area contributed by atoms with E-state index in [9.17, 15) is 0 Å². The van der Waals surface area contributed by atoms with Crippen molar-refractivity contribution in [2.24, 2.45) is 0 Å². The molecule has 0 aliphatic heterocycles. The quantitative estimate of drug-likeness (QED) is 0.759. The highest BCUT2D eigenvalue weighted by molar-refractivity contribution is 7.15. The number of benzene rings is 1. The molecule has 0 saturated heterocycles. The van der Waals surface area contributed by atoms with Gasteiger partial charge in [0.15, 0.2) is 0 Å². The molecule has 0 aliphatic rings. The van der Waals surface area contributed by atoms with Gasteiger partial charge in [-0.05, 0) is 37.2 Å². The van der Waals surface area contributed by atoms with E-state index in [1.807, 2.05) is 24.3 Å². The summed E-state index contributed by atoms with van der Waals surface area (Å²) in [4.78, 5) is 5.96. The van der Waals surface area contributed by atoms with Gasteiger partial charge in [-0.1, -0.05) is 6.92 Å². The van der Waals surface area contributed by atoms with Crippen LogP contribution in [0.3, 0.4) is 0 Å². The first-order chi connectivity index (χ1) is 10.3. The maximum absolute atomic E-state index is 5.26. The third-order valence-electron chi connectivity index (χ3n) is 3.11. The first-order valence-electron chi connectivity index (χ1n) is 7.11. The Morgan fingerprint density at radius 1 is 1.19 bits per heavy atom. The minimum Gasteiger partial charge on any atom is -0.497 e. The number of aromatic nitrogens is 1. The fourth-order valence-electron chi connectivity index (χ4n) is 2.01. The summed E-state index contributed by atoms with van der Waals surface area (Å²) in [7, 11) is 3.38. The van der Waals surface area contributed by atoms with Crippen molar-refractivity contribution in [3.05, 3.63) is 34.8 Å². The van der Waals surface area contributed by atoms with Crippen LogP contribution in [0.4, 0.5) is 0 Å². The molecule has 0 unspecified atom stereocenters. The molecule has 1 heterocycles. The summed E-state index contributed by atoms with van der Waals surface area (Å²) >= 11 is 1.72. The molecule has 4 nitrogen and oxygen atoms in total. The molecule has 2 aromatic rings. The number of thiazole rings is 1. The largest absolute Gasteiger partial charge is 0.497 e. The predicted octanol–water partition coefficient (Wildman–Crippen LogP) is 3.46. The van der Waals surface area contributed by atoms with Crippen LogP contribution >= 0.6 is 11.3 Å². The van der Waals surface area contributed by atoms with Gasteiger partial charge in [0.05, 0.1) is 19.4 Å². The van der Waals surface area contributed by atoms with Crippen LogP contribution in [0.1, 0.15) is 23.9 Å². The highest BCUT2D eigenvalue weighted by Crippen LogP contribution is 2.29. The normalized spacial score (nSPS) is 10.8. The fraction of sp³-hybridized carbons (Fsp3) is 0.438. The molecule has 1 N–H and O–H groups in total. The Balaban J connectivity index is 2.20. The Kier molecular flexibility index (Phi) is 6.17. The second kappa shape index (κ2) is 8.12. The summed E-state index contributed by atoms with van der Waals surface area (Å²) in [6.07, 6.45) is 1.13. The number of hydrogen-bond donors (Lipinski definition) is 1. The van der Waals surface area contributed by atoms with Gasteiger partial charge >= 0.3 is 0 Å². The van der Waals surface area contributed by atoms with Crippen molar-refractivity contribution in [1.82, 2.24) is 10.3 Å². The molecular weight excluding hydrogens is 284 g/mol. The van der Waals surface area contributed by atoms with E-state index in [-0.39, 0.29) is 0 Å². The van der Waals surface area contributed by atoms with E-state index < -0.39 is 0 Å². The Morgan fingerprint density at radius 2 is 1.95 bits per heavy atom. The van der Waals surface area contributed by atoms with Crippen LogP contribution in [-0.2, 0) is 17.9 Å². The van der Waals surface area contributed by atoms with Gasteiger partial charge in [-0.25, -0.2) is 4.98 Å². The van der Waals surface area contributed by atoms with Gasteiger partial charge in [-0.2, -0.15) is 0 Å². The number of rotatable bonds is 8. The summed E-state index contributed by atoms with van der Waals surface area (Å²) in [5.74, 6) is 0.859. The van der Waals surface area contributed by atoms with Crippen molar-refractivity contribution in [1.29, 1.82) is 0 Å². The SMILES string of the molecule is CCCNCc1sc(-c2ccc(OC)cc2)nc1COC. The lowest BCUT2D eigenvalue weighted by molar-refractivity contribution is 0.181. The molecule has 0 spiro atoms. The lowest BCUT2D eigenvalue weighted by Gasteiger charge is -2.02. The van der Waals surface area contributed by atoms with Gasteiger partial charge in [-0.3, -0.25) is 0 Å². The summed E-state index contributed by atoms with van der Waals surface area (Å²) in [6.45, 7) is 4.58. The van der Waals surface area contributed by atoms with Gasteiger partial charge < -0.3 is 14.8 Å². The molecule has 0 amide bonds. The lowest BCUT2D eigenvalue weighted by atomic mass is 10.2. The third-order valence-corrected chi connectivity index (χ3v) is 4.26. The smallest absolute Gasteiger partial charge is 0.124 e. The highest BCUT2D eigenvalue weighted by Gasteiger charge is 2.12. The molecule has 0 saturated carbocycles. The van der Waals surface area contributed by atoms with Crippen molar-refractivity contribution >= 4 is 11.3 Å². The zero-order chi connectivity index (χ0) is 15.1. The summed E-state index contributed by atoms with van der Waals surface area (Å²) in [6, 6.07) is 8.00. The molecule has 0 bridgehead atoms. The monoisotopic (exact) mass is 306 g/mol. The molecule has 1 aromatic carbocycles. The molecule has 114 valence electrons. The van der Waals surface area contributed by atoms with Gasteiger partial charge in [0, 0.05) is 24.1 Å². The third kappa shape index (κ3) is 4.27. The lowest BCUT2D eigenvalue weighted by Crippen LogP contribution is -2.14. The second-order valence-electron chi connectivity index (χ2n) is 4.73. The van der Waals surface area contributed by atoms with Gasteiger partial charge in [0.2, 0.25) is 0 Å². The first-order valence-corrected chi connectivity index (χ1v) is 7.92. The van der Waals surface area contributed by atoms with Crippen LogP contribution in [0, 0.1) is 0 Å². The Hall–Kier alpha value is -1.43. The van der Waals surface area contributed by atoms with E-state index in [4.69, 9.17) is 14.5 Å². The van der Waals surface area contributed by atoms with E-state index in [1.54, 1.807) is 25.6 Å². The standard InChI is InChI=1S/C16H22N2O2S/c1-4-9-17-10-15-14(11-19-2)18-16(21-15)12-5-7-13(20-3)8-6-12/h5-8,17H,4,9-11H2,1-3H3. The summed E-state index contributed by atoms with van der Waals surface area (Å²) < 4.78 is 10.4. The maximum Gasteiger partial charge on any atom is 0.124 e. The Morgan fingerprint density at radius 3 is 2.57 bits per heavy atom. The van der Waals surface area contributed by atoms with Crippen LogP contribution in [0.2, 0.25) is 0 Å². The molecule has 21 heavy (non-hydrogen) atoms. The number of nitrogens with zero attached hydrogens (tertiary/aromatic N) is 1. The average Bonchev–Trinajstić information content (AvgIpc) is 2.91. The van der Waals surface area contributed by atoms with E-state index >= 15 is 0 Å². The molecule has 2 rings (SSSR count). The second-order valence-corrected chi connectivity index (χ2v) is 5.81. The van der Waals surface area contributed by atoms with Crippen molar-refractivity contribution < 1.29 is 9.47 Å². The summed E-state index contributed by atoms with van der Waals surface area (Å²) in [5.41, 5.74) is 2.14. The number of hydrogen-bond acceptors (Lipinski definition) is 5. The van der Waals surface area contributed by atoms with Crippen molar-refractivity contribution in [3.8, 4) is 16.3 Å². The molecule has 1 aromatic heterocycles. The Bertz CT molecular complexity index is 552. The van der Waals surface area contributed by atoms with Gasteiger partial charge in [-0.15, -0.1) is 11.3 Å². The van der Waals surface area contributed by atoms with Crippen LogP contribution in [0.5, 0.6) is 5.75 Å². The van der Waals surface area contributed by atoms with Crippen LogP contribution in [0.15, 0.2) is 24.3 Å². The van der Waals surface area contributed by atoms with Crippen molar-refractivity contribution in [3.63, 3.8) is 0 Å². The van der Waals surface area contributed by atoms with E-state index in [0.29, 0.717) is 6.61 Å². The van der Waals surface area contributed by atoms with Crippen LogP contribution in [-0.4, -0.2) is 25.7 Å². The van der Waals surface area contributed by atoms with E-state index in [0.717, 1.165) is 41.5 Å². The molecule has 5 heteroatoms. The van der Waals surface area contributed by atoms with Gasteiger partial charge in [0.25, 0.3) is 0 Å². The van der Waals surface area contributed by atoms with Crippen molar-refractivity contribution in [2.45, 2.75) is 26.5 Å². The fourth-order valence-corrected chi connectivity index (χ4v) is 3.05. The zero-order valence-corrected chi connectivity index (χ0v) is 13.6. The van der Waals surface area contributed by atoms with Crippen LogP contribution in [0.25, 0.3) is 10.6 Å². The maximum atomic E-state index is 5.26. The van der Waals surface area contributed by atoms with E-state index in [1.165, 1.54) is 4.88 Å². The van der Waals surface area contributed by atoms with Crippen molar-refractivity contribution in [2.75, 3.05) is 20.8 Å². The molecule has 0 atom stereocenters. The minimum atomic E-state index is 0.551. The molecule has 0 fully saturated rings. The van der Waals surface area contributed by atoms with Crippen LogP contribution < -0.4 is 10.1 Å². The zero-order valence-electron chi connectivity index (χ0n) is 12.8. The van der Waals surface area contributed by atoms with Gasteiger partial charge in [0.1, 0.15) is 10.8 Å². The molecule has 0 aliphatic carbocycles.